The van der Waals surface area contributed by atoms with Gasteiger partial charge in [-0.15, -0.1) is 10.2 Å². The highest BCUT2D eigenvalue weighted by atomic mass is 16.5. The van der Waals surface area contributed by atoms with Gasteiger partial charge >= 0.3 is 0 Å². The minimum absolute atomic E-state index is 0.165. The second-order valence-electron chi connectivity index (χ2n) is 9.87. The molecule has 7 nitrogen and oxygen atoms in total. The maximum absolute atomic E-state index is 6.41. The number of methoxy groups -OCH3 is 1. The molecular formula is C28H33N5O2. The maximum Gasteiger partial charge on any atom is 0.253 e. The molecule has 0 bridgehead atoms. The molecule has 182 valence electrons. The number of nitrogens with zero attached hydrogens (tertiary/aromatic N) is 4. The molecule has 1 N–H and O–H groups in total. The smallest absolute Gasteiger partial charge is 0.253 e. The summed E-state index contributed by atoms with van der Waals surface area (Å²) in [6, 6.07) is 18.8. The summed E-state index contributed by atoms with van der Waals surface area (Å²) in [5.74, 6) is 2.85. The lowest BCUT2D eigenvalue weighted by molar-refractivity contribution is 0.263. The first kappa shape index (κ1) is 23.1. The molecule has 0 saturated carbocycles. The first-order valence-corrected chi connectivity index (χ1v) is 12.3. The number of anilines is 1. The fraction of sp³-hybridized carbons (Fsp3) is 0.393. The van der Waals surface area contributed by atoms with Crippen LogP contribution in [0.5, 0.6) is 5.75 Å². The van der Waals surface area contributed by atoms with Crippen LogP contribution in [0.4, 0.5) is 5.82 Å². The first-order valence-electron chi connectivity index (χ1n) is 12.3. The van der Waals surface area contributed by atoms with Crippen molar-refractivity contribution in [2.75, 3.05) is 12.4 Å². The number of aromatic nitrogens is 4. The number of benzene rings is 2. The fourth-order valence-corrected chi connectivity index (χ4v) is 5.31. The van der Waals surface area contributed by atoms with Gasteiger partial charge in [0.25, 0.3) is 5.89 Å². The van der Waals surface area contributed by atoms with E-state index in [1.54, 1.807) is 7.11 Å². The summed E-state index contributed by atoms with van der Waals surface area (Å²) in [7, 11) is 1.68. The maximum atomic E-state index is 6.41. The van der Waals surface area contributed by atoms with E-state index in [4.69, 9.17) is 14.3 Å². The zero-order valence-corrected chi connectivity index (χ0v) is 21.1. The Morgan fingerprint density at radius 3 is 2.43 bits per heavy atom. The molecule has 0 radical (unpaired) electrons. The van der Waals surface area contributed by atoms with Gasteiger partial charge in [-0.3, -0.25) is 0 Å². The van der Waals surface area contributed by atoms with Crippen molar-refractivity contribution in [1.82, 2.24) is 20.0 Å². The number of nitrogens with one attached hydrogen (secondary N) is 1. The molecule has 1 aliphatic heterocycles. The molecule has 2 aromatic carbocycles. The molecule has 4 aromatic rings. The Hall–Kier alpha value is -3.61. The van der Waals surface area contributed by atoms with Crippen molar-refractivity contribution in [2.24, 2.45) is 0 Å². The van der Waals surface area contributed by atoms with Gasteiger partial charge < -0.3 is 14.5 Å². The van der Waals surface area contributed by atoms with Crippen LogP contribution in [0.2, 0.25) is 0 Å². The summed E-state index contributed by atoms with van der Waals surface area (Å²) in [5.41, 5.74) is 2.68. The van der Waals surface area contributed by atoms with Crippen LogP contribution in [0.25, 0.3) is 11.5 Å². The Bertz CT molecular complexity index is 1290. The Balaban J connectivity index is 1.53. The van der Waals surface area contributed by atoms with Crippen LogP contribution >= 0.6 is 0 Å². The zero-order valence-electron chi connectivity index (χ0n) is 21.1. The van der Waals surface area contributed by atoms with Gasteiger partial charge in [0.05, 0.1) is 30.3 Å². The summed E-state index contributed by atoms with van der Waals surface area (Å²) in [4.78, 5) is 0. The van der Waals surface area contributed by atoms with Crippen molar-refractivity contribution < 1.29 is 9.15 Å². The van der Waals surface area contributed by atoms with Crippen LogP contribution in [0.15, 0.2) is 65.2 Å². The third-order valence-electron chi connectivity index (χ3n) is 7.47. The third kappa shape index (κ3) is 3.89. The van der Waals surface area contributed by atoms with Crippen molar-refractivity contribution >= 4 is 5.82 Å². The predicted octanol–water partition coefficient (Wildman–Crippen LogP) is 6.34. The van der Waals surface area contributed by atoms with Crippen molar-refractivity contribution in [1.29, 1.82) is 0 Å². The SMILES string of the molecule is CCC(CC)(c1ccc(OC)cc1)c1nnc(-c2cnn3c2NC(c2ccccc2)CC3(C)C)o1. The summed E-state index contributed by atoms with van der Waals surface area (Å²) in [6.45, 7) is 8.75. The van der Waals surface area contributed by atoms with E-state index in [1.807, 2.05) is 29.1 Å². The van der Waals surface area contributed by atoms with Gasteiger partial charge in [0.1, 0.15) is 17.1 Å². The van der Waals surface area contributed by atoms with Crippen molar-refractivity contribution in [3.63, 3.8) is 0 Å². The molecule has 0 fully saturated rings. The molecule has 1 atom stereocenters. The molecule has 1 aliphatic rings. The molecule has 5 rings (SSSR count). The summed E-state index contributed by atoms with van der Waals surface area (Å²) < 4.78 is 13.8. The molecule has 0 amide bonds. The molecule has 0 spiro atoms. The molecule has 1 unspecified atom stereocenters. The summed E-state index contributed by atoms with van der Waals surface area (Å²) in [6.07, 6.45) is 4.43. The van der Waals surface area contributed by atoms with Gasteiger partial charge in [-0.1, -0.05) is 56.3 Å². The Kier molecular flexibility index (Phi) is 5.87. The Morgan fingerprint density at radius 2 is 1.77 bits per heavy atom. The highest BCUT2D eigenvalue weighted by molar-refractivity contribution is 5.70. The van der Waals surface area contributed by atoms with Crippen LogP contribution < -0.4 is 10.1 Å². The largest absolute Gasteiger partial charge is 0.497 e. The van der Waals surface area contributed by atoms with E-state index in [9.17, 15) is 0 Å². The average molecular weight is 472 g/mol. The van der Waals surface area contributed by atoms with Crippen LogP contribution in [0.1, 0.15) is 70.0 Å². The molecule has 3 heterocycles. The molecular weight excluding hydrogens is 438 g/mol. The number of hydrogen-bond donors (Lipinski definition) is 1. The number of rotatable bonds is 7. The molecule has 7 heteroatoms. The van der Waals surface area contributed by atoms with Gasteiger partial charge in [0.2, 0.25) is 5.89 Å². The molecule has 35 heavy (non-hydrogen) atoms. The van der Waals surface area contributed by atoms with E-state index in [0.29, 0.717) is 11.8 Å². The van der Waals surface area contributed by atoms with E-state index in [1.165, 1.54) is 5.56 Å². The topological polar surface area (TPSA) is 78.0 Å². The molecule has 0 aliphatic carbocycles. The predicted molar refractivity (Wildman–Crippen MR) is 137 cm³/mol. The van der Waals surface area contributed by atoms with Crippen LogP contribution in [0.3, 0.4) is 0 Å². The lowest BCUT2D eigenvalue weighted by Crippen LogP contribution is -2.37. The summed E-state index contributed by atoms with van der Waals surface area (Å²) in [5, 5.41) is 17.5. The Morgan fingerprint density at radius 1 is 1.06 bits per heavy atom. The highest BCUT2D eigenvalue weighted by Crippen LogP contribution is 2.44. The van der Waals surface area contributed by atoms with Crippen molar-refractivity contribution in [2.45, 2.75) is 64.0 Å². The number of hydrogen-bond acceptors (Lipinski definition) is 6. The van der Waals surface area contributed by atoms with E-state index >= 15 is 0 Å². The normalized spacial score (nSPS) is 17.0. The minimum Gasteiger partial charge on any atom is -0.497 e. The zero-order chi connectivity index (χ0) is 24.6. The standard InChI is InChI=1S/C28H33N5O2/c1-6-28(7-2,20-13-15-21(34-5)16-14-20)26-32-31-25(35-26)22-18-29-33-24(22)30-23(17-27(33,3)4)19-11-9-8-10-12-19/h8-16,18,23,30H,6-7,17H2,1-5H3. The van der Waals surface area contributed by atoms with Crippen LogP contribution in [-0.4, -0.2) is 27.1 Å². The second-order valence-corrected chi connectivity index (χ2v) is 9.87. The van der Waals surface area contributed by atoms with Crippen LogP contribution in [0, 0.1) is 0 Å². The van der Waals surface area contributed by atoms with E-state index < -0.39 is 0 Å². The minimum atomic E-state index is -0.371. The van der Waals surface area contributed by atoms with E-state index in [0.717, 1.165) is 42.0 Å². The second kappa shape index (κ2) is 8.87. The fourth-order valence-electron chi connectivity index (χ4n) is 5.31. The van der Waals surface area contributed by atoms with Crippen molar-refractivity contribution in [3.05, 3.63) is 77.8 Å². The summed E-state index contributed by atoms with van der Waals surface area (Å²) >= 11 is 0. The third-order valence-corrected chi connectivity index (χ3v) is 7.47. The lowest BCUT2D eigenvalue weighted by Gasteiger charge is -2.38. The molecule has 0 saturated heterocycles. The quantitative estimate of drug-likeness (QED) is 0.339. The molecule has 2 aromatic heterocycles. The van der Waals surface area contributed by atoms with Gasteiger partial charge in [-0.2, -0.15) is 5.10 Å². The van der Waals surface area contributed by atoms with E-state index in [2.05, 4.69) is 79.6 Å². The number of ether oxygens (including phenoxy) is 1. The monoisotopic (exact) mass is 471 g/mol. The van der Waals surface area contributed by atoms with Gasteiger partial charge in [-0.05, 0) is 56.4 Å². The van der Waals surface area contributed by atoms with Gasteiger partial charge in [0, 0.05) is 0 Å². The van der Waals surface area contributed by atoms with Crippen LogP contribution in [-0.2, 0) is 11.0 Å². The Labute approximate surface area is 206 Å². The van der Waals surface area contributed by atoms with Gasteiger partial charge in [0.15, 0.2) is 0 Å². The van der Waals surface area contributed by atoms with E-state index in [-0.39, 0.29) is 17.0 Å². The highest BCUT2D eigenvalue weighted by Gasteiger charge is 2.39. The first-order chi connectivity index (χ1) is 16.9. The average Bonchev–Trinajstić information content (AvgIpc) is 3.54. The number of fused-ring (bicyclic) bond motifs is 1. The van der Waals surface area contributed by atoms with Gasteiger partial charge in [-0.25, -0.2) is 4.68 Å². The lowest BCUT2D eigenvalue weighted by atomic mass is 9.75. The van der Waals surface area contributed by atoms with Crippen molar-refractivity contribution in [3.8, 4) is 17.2 Å².